The van der Waals surface area contributed by atoms with Crippen LogP contribution in [-0.4, -0.2) is 52.8 Å². The van der Waals surface area contributed by atoms with Crippen LogP contribution in [0.1, 0.15) is 10.5 Å². The summed E-state index contributed by atoms with van der Waals surface area (Å²) in [7, 11) is 1.57. The lowest BCUT2D eigenvalue weighted by atomic mass is 10.2. The van der Waals surface area contributed by atoms with E-state index in [1.807, 2.05) is 30.3 Å². The van der Waals surface area contributed by atoms with E-state index in [1.54, 1.807) is 41.1 Å². The minimum Gasteiger partial charge on any atom is -0.362 e. The minimum absolute atomic E-state index is 0.235. The molecule has 142 valence electrons. The Bertz CT molecular complexity index is 1070. The maximum absolute atomic E-state index is 12.3. The molecule has 1 aromatic carbocycles. The van der Waals surface area contributed by atoms with E-state index in [1.165, 1.54) is 4.80 Å². The van der Waals surface area contributed by atoms with Crippen LogP contribution in [-0.2, 0) is 18.1 Å². The maximum Gasteiger partial charge on any atom is 0.276 e. The lowest BCUT2D eigenvalue weighted by Gasteiger charge is -2.00. The van der Waals surface area contributed by atoms with Gasteiger partial charge in [0.05, 0.1) is 18.1 Å². The number of tetrazole rings is 1. The molecule has 0 fully saturated rings. The summed E-state index contributed by atoms with van der Waals surface area (Å²) < 4.78 is 8.09. The third-order valence-electron chi connectivity index (χ3n) is 3.78. The predicted molar refractivity (Wildman–Crippen MR) is 98.1 cm³/mol. The first kappa shape index (κ1) is 17.5. The van der Waals surface area contributed by atoms with Crippen molar-refractivity contribution in [3.8, 4) is 11.4 Å². The second-order valence-electron chi connectivity index (χ2n) is 5.87. The van der Waals surface area contributed by atoms with Gasteiger partial charge < -0.3 is 10.1 Å². The fourth-order valence-electron chi connectivity index (χ4n) is 2.52. The molecule has 0 spiro atoms. The number of ether oxygens (including phenoxy) is 1. The number of benzene rings is 1. The lowest BCUT2D eigenvalue weighted by molar-refractivity contribution is 0.102. The number of nitrogens with zero attached hydrogens (tertiary/aromatic N) is 8. The van der Waals surface area contributed by atoms with E-state index in [9.17, 15) is 4.79 Å². The van der Waals surface area contributed by atoms with Crippen LogP contribution in [0.2, 0.25) is 0 Å². The molecule has 3 aromatic heterocycles. The monoisotopic (exact) mass is 379 g/mol. The fourth-order valence-corrected chi connectivity index (χ4v) is 2.52. The maximum atomic E-state index is 12.3. The normalized spacial score (nSPS) is 10.9. The second kappa shape index (κ2) is 7.80. The van der Waals surface area contributed by atoms with Gasteiger partial charge in [-0.2, -0.15) is 10.2 Å². The molecule has 0 bridgehead atoms. The van der Waals surface area contributed by atoms with Crippen LogP contribution >= 0.6 is 0 Å². The van der Waals surface area contributed by atoms with E-state index in [0.29, 0.717) is 18.2 Å². The van der Waals surface area contributed by atoms with Gasteiger partial charge in [0.15, 0.2) is 12.4 Å². The van der Waals surface area contributed by atoms with E-state index in [-0.39, 0.29) is 18.3 Å². The Morgan fingerprint density at radius 3 is 2.82 bits per heavy atom. The highest BCUT2D eigenvalue weighted by atomic mass is 16.5. The Balaban J connectivity index is 1.40. The zero-order chi connectivity index (χ0) is 19.3. The zero-order valence-corrected chi connectivity index (χ0v) is 15.0. The van der Waals surface area contributed by atoms with Crippen LogP contribution in [0, 0.1) is 0 Å². The standard InChI is InChI=1S/C17H17N9O2/c1-28-12-25-10-14(9-18-25)19-17(27)15-7-8-24(21-15)11-26-22-16(20-23-26)13-5-3-2-4-6-13/h2-10H,11-12H2,1H3,(H,19,27). The number of anilines is 1. The van der Waals surface area contributed by atoms with E-state index in [0.717, 1.165) is 5.56 Å². The summed E-state index contributed by atoms with van der Waals surface area (Å²) in [6.07, 6.45) is 4.88. The van der Waals surface area contributed by atoms with Gasteiger partial charge in [-0.25, -0.2) is 9.36 Å². The summed E-state index contributed by atoms with van der Waals surface area (Å²) >= 11 is 0. The highest BCUT2D eigenvalue weighted by Gasteiger charge is 2.12. The van der Waals surface area contributed by atoms with Gasteiger partial charge in [0, 0.05) is 18.9 Å². The molecule has 1 N–H and O–H groups in total. The second-order valence-corrected chi connectivity index (χ2v) is 5.87. The number of hydrogen-bond acceptors (Lipinski definition) is 7. The fraction of sp³-hybridized carbons (Fsp3) is 0.176. The third kappa shape index (κ3) is 3.94. The molecule has 0 unspecified atom stereocenters. The van der Waals surface area contributed by atoms with Gasteiger partial charge >= 0.3 is 0 Å². The molecule has 0 aliphatic heterocycles. The summed E-state index contributed by atoms with van der Waals surface area (Å²) in [5.74, 6) is 0.186. The summed E-state index contributed by atoms with van der Waals surface area (Å²) in [6, 6.07) is 11.2. The van der Waals surface area contributed by atoms with E-state index >= 15 is 0 Å². The SMILES string of the molecule is COCn1cc(NC(=O)c2ccn(Cn3nnc(-c4ccccc4)n3)n2)cn1. The Kier molecular flexibility index (Phi) is 4.89. The number of carbonyl (C=O) groups is 1. The predicted octanol–water partition coefficient (Wildman–Crippen LogP) is 1.10. The largest absolute Gasteiger partial charge is 0.362 e. The molecule has 0 saturated heterocycles. The van der Waals surface area contributed by atoms with Crippen LogP contribution in [0.3, 0.4) is 0 Å². The molecule has 1 amide bonds. The van der Waals surface area contributed by atoms with Crippen molar-refractivity contribution in [1.82, 2.24) is 39.8 Å². The molecule has 0 aliphatic carbocycles. The molecular weight excluding hydrogens is 362 g/mol. The summed E-state index contributed by atoms with van der Waals surface area (Å²) in [5.41, 5.74) is 1.70. The molecule has 3 heterocycles. The average molecular weight is 379 g/mol. The summed E-state index contributed by atoms with van der Waals surface area (Å²) in [5, 5.41) is 23.4. The van der Waals surface area contributed by atoms with Crippen LogP contribution in [0.4, 0.5) is 5.69 Å². The van der Waals surface area contributed by atoms with Gasteiger partial charge in [0.25, 0.3) is 5.91 Å². The molecule has 11 nitrogen and oxygen atoms in total. The van der Waals surface area contributed by atoms with Gasteiger partial charge in [-0.15, -0.1) is 15.0 Å². The van der Waals surface area contributed by atoms with Gasteiger partial charge in [-0.3, -0.25) is 4.79 Å². The van der Waals surface area contributed by atoms with Gasteiger partial charge in [0.1, 0.15) is 6.73 Å². The van der Waals surface area contributed by atoms with Crippen LogP contribution in [0.5, 0.6) is 0 Å². The van der Waals surface area contributed by atoms with Gasteiger partial charge in [-0.05, 0) is 11.3 Å². The van der Waals surface area contributed by atoms with Crippen molar-refractivity contribution in [2.24, 2.45) is 0 Å². The highest BCUT2D eigenvalue weighted by molar-refractivity contribution is 6.02. The van der Waals surface area contributed by atoms with E-state index < -0.39 is 0 Å². The first-order chi connectivity index (χ1) is 13.7. The molecule has 4 aromatic rings. The Morgan fingerprint density at radius 1 is 1.14 bits per heavy atom. The lowest BCUT2D eigenvalue weighted by Crippen LogP contribution is -2.15. The van der Waals surface area contributed by atoms with Crippen molar-refractivity contribution in [1.29, 1.82) is 0 Å². The molecule has 28 heavy (non-hydrogen) atoms. The van der Waals surface area contributed by atoms with Crippen molar-refractivity contribution in [3.05, 3.63) is 60.7 Å². The minimum atomic E-state index is -0.341. The van der Waals surface area contributed by atoms with Gasteiger partial charge in [0.2, 0.25) is 5.82 Å². The van der Waals surface area contributed by atoms with E-state index in [2.05, 4.69) is 30.9 Å². The molecule has 11 heteroatoms. The zero-order valence-electron chi connectivity index (χ0n) is 15.0. The quantitative estimate of drug-likeness (QED) is 0.511. The van der Waals surface area contributed by atoms with Crippen molar-refractivity contribution in [2.45, 2.75) is 13.4 Å². The van der Waals surface area contributed by atoms with Crippen molar-refractivity contribution in [2.75, 3.05) is 12.4 Å². The molecular formula is C17H17N9O2. The third-order valence-corrected chi connectivity index (χ3v) is 3.78. The number of carbonyl (C=O) groups excluding carboxylic acids is 1. The van der Waals surface area contributed by atoms with Gasteiger partial charge in [-0.1, -0.05) is 30.3 Å². The number of rotatable bonds is 7. The van der Waals surface area contributed by atoms with Crippen molar-refractivity contribution in [3.63, 3.8) is 0 Å². The van der Waals surface area contributed by atoms with Crippen molar-refractivity contribution < 1.29 is 9.53 Å². The van der Waals surface area contributed by atoms with E-state index in [4.69, 9.17) is 4.74 Å². The molecule has 4 rings (SSSR count). The summed E-state index contributed by atoms with van der Waals surface area (Å²) in [6.45, 7) is 0.541. The van der Waals surface area contributed by atoms with Crippen molar-refractivity contribution >= 4 is 11.6 Å². The average Bonchev–Trinajstić information content (AvgIpc) is 3.45. The Hall–Kier alpha value is -3.86. The van der Waals surface area contributed by atoms with Crippen LogP contribution in [0.25, 0.3) is 11.4 Å². The first-order valence-electron chi connectivity index (χ1n) is 8.41. The number of methoxy groups -OCH3 is 1. The number of amides is 1. The highest BCUT2D eigenvalue weighted by Crippen LogP contribution is 2.12. The first-order valence-corrected chi connectivity index (χ1v) is 8.41. The molecule has 0 radical (unpaired) electrons. The topological polar surface area (TPSA) is 118 Å². The summed E-state index contributed by atoms with van der Waals surface area (Å²) in [4.78, 5) is 13.7. The molecule has 0 aliphatic rings. The number of nitrogens with one attached hydrogen (secondary N) is 1. The Labute approximate surface area is 159 Å². The van der Waals surface area contributed by atoms with Crippen LogP contribution in [0.15, 0.2) is 55.0 Å². The number of aromatic nitrogens is 8. The molecule has 0 saturated carbocycles. The van der Waals surface area contributed by atoms with Crippen LogP contribution < -0.4 is 5.32 Å². The molecule has 0 atom stereocenters. The Morgan fingerprint density at radius 2 is 2.00 bits per heavy atom. The smallest absolute Gasteiger partial charge is 0.276 e. The number of hydrogen-bond donors (Lipinski definition) is 1.